The highest BCUT2D eigenvalue weighted by Gasteiger charge is 2.24. The summed E-state index contributed by atoms with van der Waals surface area (Å²) in [6.07, 6.45) is 5.66. The second kappa shape index (κ2) is 6.39. The van der Waals surface area contributed by atoms with E-state index in [0.717, 1.165) is 32.9 Å². The number of hydrogen-bond donors (Lipinski definition) is 0. The van der Waals surface area contributed by atoms with Crippen LogP contribution in [0.4, 0.5) is 0 Å². The van der Waals surface area contributed by atoms with Crippen LogP contribution in [0.1, 0.15) is 48.0 Å². The van der Waals surface area contributed by atoms with Gasteiger partial charge in [0.05, 0.1) is 14.2 Å². The van der Waals surface area contributed by atoms with Gasteiger partial charge in [-0.25, -0.2) is 0 Å². The van der Waals surface area contributed by atoms with Gasteiger partial charge < -0.3 is 9.47 Å². The smallest absolute Gasteiger partial charge is 0.234 e. The molecule has 0 spiro atoms. The number of benzene rings is 1. The normalized spacial score (nSPS) is 15.2. The lowest BCUT2D eigenvalue weighted by Crippen LogP contribution is -2.02. The lowest BCUT2D eigenvalue weighted by atomic mass is 10.1. The average molecular weight is 344 g/mol. The van der Waals surface area contributed by atoms with Crippen LogP contribution in [0, 0.1) is 0 Å². The van der Waals surface area contributed by atoms with Crippen molar-refractivity contribution in [3.63, 3.8) is 0 Å². The Labute approximate surface area is 144 Å². The summed E-state index contributed by atoms with van der Waals surface area (Å²) in [6.45, 7) is 0. The predicted molar refractivity (Wildman–Crippen MR) is 92.2 cm³/mol. The Morgan fingerprint density at radius 3 is 2.75 bits per heavy atom. The number of rotatable bonds is 5. The van der Waals surface area contributed by atoms with E-state index < -0.39 is 0 Å². The van der Waals surface area contributed by atoms with E-state index >= 15 is 0 Å². The molecule has 0 radical (unpaired) electrons. The van der Waals surface area contributed by atoms with Crippen molar-refractivity contribution < 1.29 is 9.47 Å². The number of nitrogens with zero attached hydrogens (tertiary/aromatic N) is 4. The molecule has 2 aromatic heterocycles. The van der Waals surface area contributed by atoms with Crippen molar-refractivity contribution in [1.29, 1.82) is 0 Å². The van der Waals surface area contributed by atoms with Crippen molar-refractivity contribution in [2.24, 2.45) is 0 Å². The van der Waals surface area contributed by atoms with Crippen molar-refractivity contribution in [2.75, 3.05) is 14.2 Å². The van der Waals surface area contributed by atoms with E-state index in [9.17, 15) is 0 Å². The highest BCUT2D eigenvalue weighted by atomic mass is 32.1. The zero-order valence-corrected chi connectivity index (χ0v) is 14.7. The highest BCUT2D eigenvalue weighted by molar-refractivity contribution is 7.16. The molecule has 6 nitrogen and oxygen atoms in total. The molecule has 0 amide bonds. The number of aromatic nitrogens is 4. The Balaban J connectivity index is 1.63. The van der Waals surface area contributed by atoms with E-state index in [0.29, 0.717) is 12.3 Å². The minimum atomic E-state index is 0.505. The van der Waals surface area contributed by atoms with Gasteiger partial charge in [0, 0.05) is 24.0 Å². The fourth-order valence-electron chi connectivity index (χ4n) is 3.34. The molecule has 0 saturated heterocycles. The average Bonchev–Trinajstić information content (AvgIpc) is 3.31. The first-order valence-corrected chi connectivity index (χ1v) is 9.02. The Morgan fingerprint density at radius 2 is 2.00 bits per heavy atom. The molecule has 1 saturated carbocycles. The number of hydrogen-bond acceptors (Lipinski definition) is 6. The van der Waals surface area contributed by atoms with Crippen molar-refractivity contribution in [3.8, 4) is 11.5 Å². The van der Waals surface area contributed by atoms with Gasteiger partial charge in [-0.1, -0.05) is 30.2 Å². The van der Waals surface area contributed by atoms with Gasteiger partial charge >= 0.3 is 0 Å². The largest absolute Gasteiger partial charge is 0.497 e. The molecule has 1 fully saturated rings. The molecule has 1 aromatic carbocycles. The van der Waals surface area contributed by atoms with Crippen LogP contribution in [0.5, 0.6) is 11.5 Å². The van der Waals surface area contributed by atoms with Crippen LogP contribution in [-0.4, -0.2) is 34.0 Å². The molecule has 2 heterocycles. The standard InChI is InChI=1S/C17H20N4O2S/c1-22-13-8-7-12(14(10-13)23-2)9-15-20-21-16(11-5-3-4-6-11)18-19-17(21)24-15/h7-8,10-11H,3-6,9H2,1-2H3. The van der Waals surface area contributed by atoms with Gasteiger partial charge in [0.2, 0.25) is 4.96 Å². The lowest BCUT2D eigenvalue weighted by molar-refractivity contribution is 0.391. The fraction of sp³-hybridized carbons (Fsp3) is 0.471. The van der Waals surface area contributed by atoms with Crippen LogP contribution in [0.15, 0.2) is 18.2 Å². The zero-order chi connectivity index (χ0) is 16.5. The van der Waals surface area contributed by atoms with Crippen LogP contribution in [0.2, 0.25) is 0 Å². The maximum absolute atomic E-state index is 5.48. The SMILES string of the molecule is COc1ccc(Cc2nn3c(C4CCCC4)nnc3s2)c(OC)c1. The minimum Gasteiger partial charge on any atom is -0.497 e. The van der Waals surface area contributed by atoms with Gasteiger partial charge in [0.1, 0.15) is 16.5 Å². The molecule has 4 rings (SSSR count). The molecular formula is C17H20N4O2S. The van der Waals surface area contributed by atoms with Crippen molar-refractivity contribution in [1.82, 2.24) is 19.8 Å². The molecule has 126 valence electrons. The molecule has 0 atom stereocenters. The fourth-order valence-corrected chi connectivity index (χ4v) is 4.21. The molecular weight excluding hydrogens is 324 g/mol. The topological polar surface area (TPSA) is 61.5 Å². The van der Waals surface area contributed by atoms with Gasteiger partial charge in [0.15, 0.2) is 5.82 Å². The lowest BCUT2D eigenvalue weighted by Gasteiger charge is -2.09. The Morgan fingerprint density at radius 1 is 1.17 bits per heavy atom. The molecule has 0 unspecified atom stereocenters. The summed E-state index contributed by atoms with van der Waals surface area (Å²) in [4.78, 5) is 0.874. The first-order chi connectivity index (χ1) is 11.8. The molecule has 24 heavy (non-hydrogen) atoms. The summed E-state index contributed by atoms with van der Waals surface area (Å²) in [5.74, 6) is 3.13. The van der Waals surface area contributed by atoms with E-state index in [4.69, 9.17) is 14.6 Å². The van der Waals surface area contributed by atoms with Gasteiger partial charge in [-0.05, 0) is 18.9 Å². The summed E-state index contributed by atoms with van der Waals surface area (Å²) in [5, 5.41) is 14.4. The molecule has 1 aliphatic rings. The Bertz CT molecular complexity index is 852. The van der Waals surface area contributed by atoms with E-state index in [-0.39, 0.29) is 0 Å². The summed E-state index contributed by atoms with van der Waals surface area (Å²) in [7, 11) is 3.33. The zero-order valence-electron chi connectivity index (χ0n) is 13.9. The van der Waals surface area contributed by atoms with Crippen LogP contribution in [-0.2, 0) is 6.42 Å². The number of fused-ring (bicyclic) bond motifs is 1. The molecule has 0 aliphatic heterocycles. The van der Waals surface area contributed by atoms with Gasteiger partial charge in [-0.3, -0.25) is 0 Å². The maximum Gasteiger partial charge on any atom is 0.234 e. The summed E-state index contributed by atoms with van der Waals surface area (Å²) < 4.78 is 12.7. The molecule has 7 heteroatoms. The van der Waals surface area contributed by atoms with Crippen molar-refractivity contribution in [3.05, 3.63) is 34.6 Å². The van der Waals surface area contributed by atoms with Crippen LogP contribution < -0.4 is 9.47 Å². The Kier molecular flexibility index (Phi) is 4.10. The van der Waals surface area contributed by atoms with Gasteiger partial charge in [0.25, 0.3) is 0 Å². The first-order valence-electron chi connectivity index (χ1n) is 8.20. The highest BCUT2D eigenvalue weighted by Crippen LogP contribution is 2.34. The van der Waals surface area contributed by atoms with E-state index in [1.165, 1.54) is 25.7 Å². The third-order valence-corrected chi connectivity index (χ3v) is 5.51. The van der Waals surface area contributed by atoms with Gasteiger partial charge in [-0.2, -0.15) is 9.61 Å². The summed E-state index contributed by atoms with van der Waals surface area (Å²) in [6, 6.07) is 5.87. The Hall–Kier alpha value is -2.15. The third-order valence-electron chi connectivity index (χ3n) is 4.61. The van der Waals surface area contributed by atoms with Gasteiger partial charge in [-0.15, -0.1) is 10.2 Å². The second-order valence-electron chi connectivity index (χ2n) is 6.08. The summed E-state index contributed by atoms with van der Waals surface area (Å²) >= 11 is 1.59. The van der Waals surface area contributed by atoms with Crippen LogP contribution in [0.3, 0.4) is 0 Å². The van der Waals surface area contributed by atoms with E-state index in [2.05, 4.69) is 10.2 Å². The van der Waals surface area contributed by atoms with Crippen molar-refractivity contribution >= 4 is 16.3 Å². The monoisotopic (exact) mass is 344 g/mol. The molecule has 1 aliphatic carbocycles. The van der Waals surface area contributed by atoms with Crippen molar-refractivity contribution in [2.45, 2.75) is 38.0 Å². The quantitative estimate of drug-likeness (QED) is 0.709. The molecule has 3 aromatic rings. The minimum absolute atomic E-state index is 0.505. The third kappa shape index (κ3) is 2.73. The number of ether oxygens (including phenoxy) is 2. The summed E-state index contributed by atoms with van der Waals surface area (Å²) in [5.41, 5.74) is 1.09. The van der Waals surface area contributed by atoms with E-state index in [1.807, 2.05) is 22.7 Å². The first kappa shape index (κ1) is 15.4. The van der Waals surface area contributed by atoms with E-state index in [1.54, 1.807) is 25.6 Å². The van der Waals surface area contributed by atoms with Crippen LogP contribution in [0.25, 0.3) is 4.96 Å². The van der Waals surface area contributed by atoms with Crippen LogP contribution >= 0.6 is 11.3 Å². The number of methoxy groups -OCH3 is 2. The molecule has 0 bridgehead atoms. The maximum atomic E-state index is 5.48. The second-order valence-corrected chi connectivity index (χ2v) is 7.12. The molecule has 0 N–H and O–H groups in total. The predicted octanol–water partition coefficient (Wildman–Crippen LogP) is 3.45.